The first-order chi connectivity index (χ1) is 16.8. The molecule has 0 radical (unpaired) electrons. The molecule has 1 atom stereocenters. The number of rotatable bonds is 6. The smallest absolute Gasteiger partial charge is 0.274 e. The van der Waals surface area contributed by atoms with E-state index < -0.39 is 17.6 Å². The largest absolute Gasteiger partial charge is 0.394 e. The molecule has 0 saturated heterocycles. The second-order valence-electron chi connectivity index (χ2n) is 8.38. The molecule has 180 valence electrons. The fourth-order valence-corrected chi connectivity index (χ4v) is 4.05. The Morgan fingerprint density at radius 2 is 1.91 bits per heavy atom. The van der Waals surface area contributed by atoms with Gasteiger partial charge in [0.2, 0.25) is 5.91 Å². The third-order valence-corrected chi connectivity index (χ3v) is 6.04. The summed E-state index contributed by atoms with van der Waals surface area (Å²) in [5.41, 5.74) is 2.95. The normalized spacial score (nSPS) is 15.7. The predicted octanol–water partition coefficient (Wildman–Crippen LogP) is 2.82. The van der Waals surface area contributed by atoms with E-state index in [4.69, 9.17) is 5.11 Å². The molecule has 1 aliphatic rings. The monoisotopic (exact) mass is 476 g/mol. The zero-order valence-corrected chi connectivity index (χ0v) is 19.4. The highest BCUT2D eigenvalue weighted by Crippen LogP contribution is 2.34. The van der Waals surface area contributed by atoms with Crippen molar-refractivity contribution in [2.75, 3.05) is 19.0 Å². The summed E-state index contributed by atoms with van der Waals surface area (Å²) >= 11 is 0. The fourth-order valence-electron chi connectivity index (χ4n) is 4.05. The minimum absolute atomic E-state index is 0.0767. The number of nitrogens with one attached hydrogen (secondary N) is 1. The van der Waals surface area contributed by atoms with Crippen LogP contribution in [-0.4, -0.2) is 45.3 Å². The van der Waals surface area contributed by atoms with E-state index in [1.54, 1.807) is 43.4 Å². The van der Waals surface area contributed by atoms with Gasteiger partial charge in [-0.3, -0.25) is 14.4 Å². The molecule has 2 amide bonds. The fraction of sp³-hybridized carbons (Fsp3) is 0.231. The van der Waals surface area contributed by atoms with Crippen LogP contribution in [0.2, 0.25) is 0 Å². The summed E-state index contributed by atoms with van der Waals surface area (Å²) in [6, 6.07) is 12.6. The van der Waals surface area contributed by atoms with Crippen LogP contribution in [0.25, 0.3) is 11.1 Å². The maximum Gasteiger partial charge on any atom is 0.274 e. The molecule has 0 bridgehead atoms. The average Bonchev–Trinajstić information content (AvgIpc) is 2.84. The number of benzene rings is 2. The highest BCUT2D eigenvalue weighted by Gasteiger charge is 2.31. The Labute approximate surface area is 201 Å². The van der Waals surface area contributed by atoms with E-state index in [2.05, 4.69) is 10.4 Å². The van der Waals surface area contributed by atoms with Gasteiger partial charge in [-0.25, -0.2) is 9.07 Å². The van der Waals surface area contributed by atoms with Gasteiger partial charge in [0.1, 0.15) is 5.82 Å². The van der Waals surface area contributed by atoms with Crippen molar-refractivity contribution in [3.05, 3.63) is 93.8 Å². The molecule has 0 spiro atoms. The van der Waals surface area contributed by atoms with Gasteiger partial charge >= 0.3 is 0 Å². The summed E-state index contributed by atoms with van der Waals surface area (Å²) in [4.78, 5) is 39.9. The number of amides is 2. The number of aryl methyl sites for hydroxylation is 1. The van der Waals surface area contributed by atoms with Crippen LogP contribution in [0.15, 0.2) is 71.3 Å². The molecule has 1 aliphatic heterocycles. The third-order valence-electron chi connectivity index (χ3n) is 6.04. The molecule has 4 rings (SSSR count). The minimum Gasteiger partial charge on any atom is -0.394 e. The lowest BCUT2D eigenvalue weighted by Gasteiger charge is -2.28. The minimum atomic E-state index is -0.520. The quantitative estimate of drug-likeness (QED) is 0.569. The van der Waals surface area contributed by atoms with Crippen molar-refractivity contribution >= 4 is 17.5 Å². The first-order valence-electron chi connectivity index (χ1n) is 11.1. The van der Waals surface area contributed by atoms with Crippen molar-refractivity contribution in [1.82, 2.24) is 14.7 Å². The van der Waals surface area contributed by atoms with Crippen LogP contribution >= 0.6 is 0 Å². The van der Waals surface area contributed by atoms with Gasteiger partial charge in [0.25, 0.3) is 11.5 Å². The Bertz CT molecular complexity index is 1360. The molecule has 35 heavy (non-hydrogen) atoms. The van der Waals surface area contributed by atoms with Gasteiger partial charge in [0.15, 0.2) is 0 Å². The molecule has 2 N–H and O–H groups in total. The van der Waals surface area contributed by atoms with Gasteiger partial charge in [0.05, 0.1) is 18.7 Å². The molecule has 0 unspecified atom stereocenters. The molecular weight excluding hydrogens is 451 g/mol. The number of aromatic nitrogens is 2. The van der Waals surface area contributed by atoms with Crippen LogP contribution < -0.4 is 10.9 Å². The topological polar surface area (TPSA) is 105 Å². The highest BCUT2D eigenvalue weighted by atomic mass is 19.1. The van der Waals surface area contributed by atoms with E-state index in [0.717, 1.165) is 5.56 Å². The highest BCUT2D eigenvalue weighted by molar-refractivity contribution is 6.07. The lowest BCUT2D eigenvalue weighted by molar-refractivity contribution is -0.128. The van der Waals surface area contributed by atoms with Crippen LogP contribution in [0, 0.1) is 12.7 Å². The summed E-state index contributed by atoms with van der Waals surface area (Å²) < 4.78 is 14.6. The molecule has 0 aliphatic carbocycles. The molecule has 8 nitrogen and oxygen atoms in total. The van der Waals surface area contributed by atoms with Crippen molar-refractivity contribution in [2.45, 2.75) is 25.8 Å². The molecule has 3 aromatic rings. The number of aliphatic hydroxyl groups excluding tert-OH is 1. The summed E-state index contributed by atoms with van der Waals surface area (Å²) in [5, 5.41) is 16.0. The number of carbonyl (C=O) groups excluding carboxylic acids is 2. The van der Waals surface area contributed by atoms with Crippen LogP contribution in [0.5, 0.6) is 0 Å². The van der Waals surface area contributed by atoms with Gasteiger partial charge in [-0.2, -0.15) is 5.10 Å². The number of halogens is 1. The number of hydrogen-bond donors (Lipinski definition) is 2. The van der Waals surface area contributed by atoms with Gasteiger partial charge < -0.3 is 15.3 Å². The summed E-state index contributed by atoms with van der Waals surface area (Å²) in [6.07, 6.45) is 3.07. The summed E-state index contributed by atoms with van der Waals surface area (Å²) in [7, 11) is 1.59. The molecular formula is C26H25FN4O4. The first kappa shape index (κ1) is 24.0. The van der Waals surface area contributed by atoms with Gasteiger partial charge in [-0.1, -0.05) is 24.3 Å². The first-order valence-corrected chi connectivity index (χ1v) is 11.1. The number of carbonyl (C=O) groups is 2. The second kappa shape index (κ2) is 10.0. The summed E-state index contributed by atoms with van der Waals surface area (Å²) in [5.74, 6) is -1.46. The van der Waals surface area contributed by atoms with Crippen LogP contribution in [0.3, 0.4) is 0 Å². The Balaban J connectivity index is 1.67. The number of aliphatic hydroxyl groups is 1. The lowest BCUT2D eigenvalue weighted by Crippen LogP contribution is -2.33. The molecule has 2 heterocycles. The van der Waals surface area contributed by atoms with Crippen LogP contribution in [0.4, 0.5) is 10.1 Å². The second-order valence-corrected chi connectivity index (χ2v) is 8.38. The number of nitrogens with zero attached hydrogens (tertiary/aromatic N) is 3. The lowest BCUT2D eigenvalue weighted by atomic mass is 9.85. The van der Waals surface area contributed by atoms with Crippen molar-refractivity contribution in [3.63, 3.8) is 0 Å². The maximum absolute atomic E-state index is 13.4. The van der Waals surface area contributed by atoms with Gasteiger partial charge in [-0.15, -0.1) is 0 Å². The van der Waals surface area contributed by atoms with Crippen LogP contribution in [-0.2, 0) is 16.1 Å². The zero-order chi connectivity index (χ0) is 25.1. The molecule has 1 aromatic heterocycles. The Kier molecular flexibility index (Phi) is 6.88. The average molecular weight is 477 g/mol. The van der Waals surface area contributed by atoms with E-state index >= 15 is 0 Å². The van der Waals surface area contributed by atoms with E-state index in [9.17, 15) is 18.8 Å². The van der Waals surface area contributed by atoms with Crippen molar-refractivity contribution in [1.29, 1.82) is 0 Å². The molecule has 2 aromatic carbocycles. The van der Waals surface area contributed by atoms with E-state index in [-0.39, 0.29) is 31.0 Å². The van der Waals surface area contributed by atoms with Gasteiger partial charge in [-0.05, 0) is 47.9 Å². The maximum atomic E-state index is 13.4. The molecule has 0 saturated carbocycles. The predicted molar refractivity (Wildman–Crippen MR) is 129 cm³/mol. The van der Waals surface area contributed by atoms with Crippen molar-refractivity contribution in [3.8, 4) is 11.1 Å². The standard InChI is InChI=1S/C26H25FN4O4/c1-16-3-4-18(20-9-10-28-31(11-12-32)26(20)35)13-23(16)29-25(34)22-15-30(2)24(33)14-21(22)17-5-7-19(27)8-6-17/h3-10,13,15,21,32H,11-12,14H2,1-2H3,(H,29,34)/t21-/m0/s1. The Morgan fingerprint density at radius 3 is 2.63 bits per heavy atom. The number of anilines is 1. The summed E-state index contributed by atoms with van der Waals surface area (Å²) in [6.45, 7) is 1.69. The molecule has 9 heteroatoms. The van der Waals surface area contributed by atoms with Crippen LogP contribution in [0.1, 0.15) is 23.5 Å². The Morgan fingerprint density at radius 1 is 1.17 bits per heavy atom. The van der Waals surface area contributed by atoms with Crippen molar-refractivity contribution < 1.29 is 19.1 Å². The molecule has 0 fully saturated rings. The van der Waals surface area contributed by atoms with Crippen molar-refractivity contribution in [2.24, 2.45) is 0 Å². The van der Waals surface area contributed by atoms with Gasteiger partial charge in [0, 0.05) is 43.0 Å². The zero-order valence-electron chi connectivity index (χ0n) is 19.4. The SMILES string of the molecule is Cc1ccc(-c2ccnn(CCO)c2=O)cc1NC(=O)C1=CN(C)C(=O)C[C@H]1c1ccc(F)cc1. The third kappa shape index (κ3) is 5.04. The Hall–Kier alpha value is -4.11. The number of hydrogen-bond acceptors (Lipinski definition) is 5. The van der Waals surface area contributed by atoms with E-state index in [1.165, 1.54) is 34.1 Å². The van der Waals surface area contributed by atoms with E-state index in [1.807, 2.05) is 6.92 Å². The van der Waals surface area contributed by atoms with E-state index in [0.29, 0.717) is 28.0 Å².